The molecule has 0 saturated heterocycles. The number of hydrogen-bond acceptors (Lipinski definition) is 2. The molecular weight excluding hydrogens is 346 g/mol. The molecular formula is C14H11BrClNO3. The van der Waals surface area contributed by atoms with Gasteiger partial charge in [-0.05, 0) is 54.0 Å². The van der Waals surface area contributed by atoms with Crippen LogP contribution in [0.5, 0.6) is 0 Å². The van der Waals surface area contributed by atoms with Gasteiger partial charge in [-0.2, -0.15) is 0 Å². The van der Waals surface area contributed by atoms with E-state index in [9.17, 15) is 14.7 Å². The molecule has 1 aromatic carbocycles. The summed E-state index contributed by atoms with van der Waals surface area (Å²) in [5.41, 5.74) is 1.01. The number of pyridine rings is 1. The number of carboxylic acid groups (broad SMARTS) is 1. The van der Waals surface area contributed by atoms with E-state index in [-0.39, 0.29) is 10.0 Å². The topological polar surface area (TPSA) is 59.3 Å². The number of carbonyl (C=O) groups is 1. The Kier molecular flexibility index (Phi) is 4.01. The summed E-state index contributed by atoms with van der Waals surface area (Å²) in [5.74, 6) is -1.24. The first-order chi connectivity index (χ1) is 9.34. The van der Waals surface area contributed by atoms with E-state index in [1.165, 1.54) is 0 Å². The normalized spacial score (nSPS) is 10.6. The Bertz CT molecular complexity index is 750. The zero-order valence-electron chi connectivity index (χ0n) is 10.8. The van der Waals surface area contributed by atoms with Gasteiger partial charge in [-0.1, -0.05) is 11.6 Å². The van der Waals surface area contributed by atoms with Crippen LogP contribution in [0, 0.1) is 13.8 Å². The summed E-state index contributed by atoms with van der Waals surface area (Å²) in [6.07, 6.45) is 0. The molecule has 0 aliphatic heterocycles. The summed E-state index contributed by atoms with van der Waals surface area (Å²) < 4.78 is 1.96. The summed E-state index contributed by atoms with van der Waals surface area (Å²) in [6.45, 7) is 3.36. The lowest BCUT2D eigenvalue weighted by Gasteiger charge is -2.18. The minimum absolute atomic E-state index is 0.238. The molecule has 0 atom stereocenters. The maximum Gasteiger partial charge on any atom is 0.341 e. The van der Waals surface area contributed by atoms with Gasteiger partial charge in [0.2, 0.25) is 5.43 Å². The largest absolute Gasteiger partial charge is 0.477 e. The van der Waals surface area contributed by atoms with Crippen molar-refractivity contribution >= 4 is 33.5 Å². The quantitative estimate of drug-likeness (QED) is 0.895. The number of halogens is 2. The van der Waals surface area contributed by atoms with Crippen molar-refractivity contribution in [2.75, 3.05) is 0 Å². The van der Waals surface area contributed by atoms with Gasteiger partial charge in [0.25, 0.3) is 0 Å². The zero-order valence-corrected chi connectivity index (χ0v) is 13.1. The molecule has 0 radical (unpaired) electrons. The van der Waals surface area contributed by atoms with Crippen molar-refractivity contribution in [1.82, 2.24) is 4.57 Å². The van der Waals surface area contributed by atoms with Crippen molar-refractivity contribution in [3.63, 3.8) is 0 Å². The van der Waals surface area contributed by atoms with E-state index in [0.29, 0.717) is 16.4 Å². The molecule has 2 aromatic rings. The summed E-state index contributed by atoms with van der Waals surface area (Å²) in [5, 5.41) is 9.81. The number of rotatable bonds is 2. The molecule has 2 rings (SSSR count). The average molecular weight is 357 g/mol. The van der Waals surface area contributed by atoms with Crippen LogP contribution in [0.3, 0.4) is 0 Å². The molecule has 0 fully saturated rings. The minimum Gasteiger partial charge on any atom is -0.477 e. The first kappa shape index (κ1) is 14.8. The predicted molar refractivity (Wildman–Crippen MR) is 81.2 cm³/mol. The molecule has 0 unspecified atom stereocenters. The minimum atomic E-state index is -1.24. The van der Waals surface area contributed by atoms with E-state index >= 15 is 0 Å². The number of nitrogens with zero attached hydrogens (tertiary/aromatic N) is 1. The molecule has 0 saturated carbocycles. The maximum absolute atomic E-state index is 12.0. The molecule has 1 aromatic heterocycles. The fourth-order valence-corrected chi connectivity index (χ4v) is 2.63. The van der Waals surface area contributed by atoms with Gasteiger partial charge < -0.3 is 9.67 Å². The van der Waals surface area contributed by atoms with Gasteiger partial charge in [0.15, 0.2) is 0 Å². The summed E-state index contributed by atoms with van der Waals surface area (Å²) in [4.78, 5) is 23.3. The van der Waals surface area contributed by atoms with Crippen LogP contribution in [0.4, 0.5) is 0 Å². The monoisotopic (exact) mass is 355 g/mol. The van der Waals surface area contributed by atoms with Crippen molar-refractivity contribution in [3.05, 3.63) is 60.9 Å². The van der Waals surface area contributed by atoms with E-state index in [1.807, 2.05) is 0 Å². The van der Waals surface area contributed by atoms with Gasteiger partial charge >= 0.3 is 5.97 Å². The van der Waals surface area contributed by atoms with Crippen LogP contribution >= 0.6 is 27.5 Å². The van der Waals surface area contributed by atoms with Crippen LogP contribution in [0.1, 0.15) is 21.7 Å². The molecule has 0 bridgehead atoms. The number of benzene rings is 1. The van der Waals surface area contributed by atoms with Crippen molar-refractivity contribution in [2.45, 2.75) is 13.8 Å². The van der Waals surface area contributed by atoms with E-state index in [2.05, 4.69) is 15.9 Å². The van der Waals surface area contributed by atoms with Crippen LogP contribution in [0.15, 0.2) is 33.5 Å². The molecule has 104 valence electrons. The van der Waals surface area contributed by atoms with E-state index in [4.69, 9.17) is 11.6 Å². The number of aromatic nitrogens is 1. The molecule has 0 aliphatic carbocycles. The van der Waals surface area contributed by atoms with E-state index < -0.39 is 11.4 Å². The highest BCUT2D eigenvalue weighted by atomic mass is 79.9. The van der Waals surface area contributed by atoms with Gasteiger partial charge in [-0.3, -0.25) is 4.79 Å². The molecule has 1 heterocycles. The Morgan fingerprint density at radius 1 is 1.20 bits per heavy atom. The van der Waals surface area contributed by atoms with Crippen LogP contribution in [0.2, 0.25) is 5.02 Å². The summed E-state index contributed by atoms with van der Waals surface area (Å²) >= 11 is 9.03. The fraction of sp³-hybridized carbons (Fsp3) is 0.143. The molecule has 1 N–H and O–H groups in total. The van der Waals surface area contributed by atoms with Crippen molar-refractivity contribution < 1.29 is 9.90 Å². The van der Waals surface area contributed by atoms with Gasteiger partial charge in [-0.15, -0.1) is 0 Å². The van der Waals surface area contributed by atoms with Crippen LogP contribution in [0.25, 0.3) is 5.69 Å². The molecule has 0 aliphatic rings. The Morgan fingerprint density at radius 2 is 1.75 bits per heavy atom. The molecule has 0 spiro atoms. The lowest BCUT2D eigenvalue weighted by atomic mass is 10.1. The average Bonchev–Trinajstić information content (AvgIpc) is 2.38. The van der Waals surface area contributed by atoms with E-state index in [0.717, 1.165) is 5.69 Å². The zero-order chi connectivity index (χ0) is 15.0. The third-order valence-electron chi connectivity index (χ3n) is 3.08. The Morgan fingerprint density at radius 3 is 2.25 bits per heavy atom. The second kappa shape index (κ2) is 5.42. The van der Waals surface area contributed by atoms with Crippen molar-refractivity contribution in [3.8, 4) is 5.69 Å². The van der Waals surface area contributed by atoms with Crippen molar-refractivity contribution in [1.29, 1.82) is 0 Å². The number of aromatic carboxylic acids is 1. The third-order valence-corrected chi connectivity index (χ3v) is 4.26. The van der Waals surface area contributed by atoms with Crippen LogP contribution in [-0.2, 0) is 0 Å². The first-order valence-corrected chi connectivity index (χ1v) is 6.92. The molecule has 0 amide bonds. The lowest BCUT2D eigenvalue weighted by Crippen LogP contribution is -2.24. The SMILES string of the molecule is Cc1c(Br)c(=O)c(C(=O)O)c(C)n1-c1ccc(Cl)cc1. The number of carboxylic acids is 1. The Balaban J connectivity index is 2.86. The highest BCUT2D eigenvalue weighted by molar-refractivity contribution is 9.10. The van der Waals surface area contributed by atoms with Gasteiger partial charge in [0, 0.05) is 22.1 Å². The van der Waals surface area contributed by atoms with Crippen LogP contribution in [-0.4, -0.2) is 15.6 Å². The van der Waals surface area contributed by atoms with E-state index in [1.54, 1.807) is 42.7 Å². The molecule has 20 heavy (non-hydrogen) atoms. The van der Waals surface area contributed by atoms with Gasteiger partial charge in [0.1, 0.15) is 5.56 Å². The van der Waals surface area contributed by atoms with Crippen molar-refractivity contribution in [2.24, 2.45) is 0 Å². The first-order valence-electron chi connectivity index (χ1n) is 5.75. The third kappa shape index (κ3) is 2.39. The lowest BCUT2D eigenvalue weighted by molar-refractivity contribution is 0.0693. The predicted octanol–water partition coefficient (Wildman–Crippen LogP) is 3.57. The van der Waals surface area contributed by atoms with Gasteiger partial charge in [0.05, 0.1) is 4.47 Å². The Labute approximate surface area is 128 Å². The standard InChI is InChI=1S/C14H11BrClNO3/c1-7-11(14(19)20)13(18)12(15)8(2)17(7)10-5-3-9(16)4-6-10/h3-6H,1-2H3,(H,19,20). The smallest absolute Gasteiger partial charge is 0.341 e. The summed E-state index contributed by atoms with van der Waals surface area (Å²) in [6, 6.07) is 6.96. The second-order valence-corrected chi connectivity index (χ2v) is 5.54. The molecule has 6 heteroatoms. The molecule has 4 nitrogen and oxygen atoms in total. The Hall–Kier alpha value is -1.59. The van der Waals surface area contributed by atoms with Crippen LogP contribution < -0.4 is 5.43 Å². The summed E-state index contributed by atoms with van der Waals surface area (Å²) in [7, 11) is 0. The number of hydrogen-bond donors (Lipinski definition) is 1. The second-order valence-electron chi connectivity index (χ2n) is 4.31. The maximum atomic E-state index is 12.0. The highest BCUT2D eigenvalue weighted by Crippen LogP contribution is 2.22. The fourth-order valence-electron chi connectivity index (χ4n) is 2.13. The highest BCUT2D eigenvalue weighted by Gasteiger charge is 2.21. The van der Waals surface area contributed by atoms with Gasteiger partial charge in [-0.25, -0.2) is 4.79 Å².